The van der Waals surface area contributed by atoms with Crippen molar-refractivity contribution in [2.45, 2.75) is 6.92 Å². The van der Waals surface area contributed by atoms with Gasteiger partial charge >= 0.3 is 0 Å². The van der Waals surface area contributed by atoms with Crippen molar-refractivity contribution >= 4 is 23.5 Å². The van der Waals surface area contributed by atoms with Crippen LogP contribution in [-0.2, 0) is 0 Å². The van der Waals surface area contributed by atoms with Gasteiger partial charge in [-0.05, 0) is 55.5 Å². The number of methoxy groups -OCH3 is 3. The van der Waals surface area contributed by atoms with Gasteiger partial charge in [-0.15, -0.1) is 0 Å². The predicted octanol–water partition coefficient (Wildman–Crippen LogP) is 4.90. The van der Waals surface area contributed by atoms with Crippen LogP contribution in [0.5, 0.6) is 17.2 Å². The summed E-state index contributed by atoms with van der Waals surface area (Å²) in [6.45, 7) is 1.77. The minimum absolute atomic E-state index is 0.278. The molecule has 0 spiro atoms. The van der Waals surface area contributed by atoms with Crippen LogP contribution in [0.3, 0.4) is 0 Å². The SMILES string of the molecule is COc1cc(C(=O)/C=C/c2c(C)nn(-c3ccc(F)cc3)c2Cl)cc(OC)c1OC. The summed E-state index contributed by atoms with van der Waals surface area (Å²) in [5.41, 5.74) is 2.18. The van der Waals surface area contributed by atoms with Crippen molar-refractivity contribution in [3.8, 4) is 22.9 Å². The van der Waals surface area contributed by atoms with Gasteiger partial charge < -0.3 is 14.2 Å². The molecule has 0 fully saturated rings. The fourth-order valence-corrected chi connectivity index (χ4v) is 3.27. The van der Waals surface area contributed by atoms with Crippen LogP contribution in [0.4, 0.5) is 4.39 Å². The molecule has 0 aliphatic rings. The fourth-order valence-electron chi connectivity index (χ4n) is 2.93. The summed E-state index contributed by atoms with van der Waals surface area (Å²) in [6, 6.07) is 8.94. The van der Waals surface area contributed by atoms with Crippen LogP contribution in [0.1, 0.15) is 21.6 Å². The first kappa shape index (κ1) is 21.4. The Kier molecular flexibility index (Phi) is 6.42. The highest BCUT2D eigenvalue weighted by atomic mass is 35.5. The number of ketones is 1. The largest absolute Gasteiger partial charge is 0.493 e. The van der Waals surface area contributed by atoms with E-state index in [1.807, 2.05) is 0 Å². The lowest BCUT2D eigenvalue weighted by Gasteiger charge is -2.13. The van der Waals surface area contributed by atoms with Crippen molar-refractivity contribution in [1.82, 2.24) is 9.78 Å². The highest BCUT2D eigenvalue weighted by molar-refractivity contribution is 6.31. The molecule has 0 unspecified atom stereocenters. The zero-order chi connectivity index (χ0) is 21.8. The third-order valence-electron chi connectivity index (χ3n) is 4.47. The van der Waals surface area contributed by atoms with Crippen LogP contribution >= 0.6 is 11.6 Å². The van der Waals surface area contributed by atoms with Gasteiger partial charge in [-0.25, -0.2) is 9.07 Å². The Bertz CT molecular complexity index is 1080. The van der Waals surface area contributed by atoms with Crippen molar-refractivity contribution in [1.29, 1.82) is 0 Å². The maximum atomic E-state index is 13.2. The standard InChI is InChI=1S/C22H20ClFN2O4/c1-13-17(22(23)26(25-13)16-7-5-15(24)6-8-16)9-10-18(27)14-11-19(28-2)21(30-4)20(12-14)29-3/h5-12H,1-4H3/b10-9+. The maximum Gasteiger partial charge on any atom is 0.203 e. The Labute approximate surface area is 178 Å². The number of benzene rings is 2. The van der Waals surface area contributed by atoms with Gasteiger partial charge in [0, 0.05) is 11.1 Å². The Hall–Kier alpha value is -3.32. The number of halogens is 2. The number of hydrogen-bond donors (Lipinski definition) is 0. The number of allylic oxidation sites excluding steroid dienone is 1. The van der Waals surface area contributed by atoms with Gasteiger partial charge in [0.2, 0.25) is 5.75 Å². The molecule has 0 bridgehead atoms. The highest BCUT2D eigenvalue weighted by Gasteiger charge is 2.17. The molecule has 0 radical (unpaired) electrons. The van der Waals surface area contributed by atoms with Crippen LogP contribution in [0.15, 0.2) is 42.5 Å². The first-order valence-electron chi connectivity index (χ1n) is 8.93. The summed E-state index contributed by atoms with van der Waals surface area (Å²) in [5.74, 6) is 0.535. The van der Waals surface area contributed by atoms with Gasteiger partial charge in [-0.2, -0.15) is 5.10 Å². The molecule has 0 N–H and O–H groups in total. The Morgan fingerprint density at radius 3 is 2.20 bits per heavy atom. The lowest BCUT2D eigenvalue weighted by Crippen LogP contribution is -2.00. The lowest BCUT2D eigenvalue weighted by molar-refractivity contribution is 0.104. The minimum atomic E-state index is -0.352. The zero-order valence-electron chi connectivity index (χ0n) is 16.9. The number of aryl methyl sites for hydroxylation is 1. The number of carbonyl (C=O) groups excluding carboxylic acids is 1. The number of ether oxygens (including phenoxy) is 3. The molecule has 0 aliphatic heterocycles. The molecule has 0 saturated heterocycles. The number of carbonyl (C=O) groups is 1. The number of aromatic nitrogens is 2. The van der Waals surface area contributed by atoms with Crippen molar-refractivity contribution < 1.29 is 23.4 Å². The molecule has 6 nitrogen and oxygen atoms in total. The van der Waals surface area contributed by atoms with E-state index in [9.17, 15) is 9.18 Å². The van der Waals surface area contributed by atoms with Gasteiger partial charge in [0.1, 0.15) is 11.0 Å². The smallest absolute Gasteiger partial charge is 0.203 e. The molecule has 1 aromatic heterocycles. The van der Waals surface area contributed by atoms with Gasteiger partial charge in [-0.3, -0.25) is 4.79 Å². The number of nitrogens with zero attached hydrogens (tertiary/aromatic N) is 2. The fraction of sp³-hybridized carbons (Fsp3) is 0.182. The Morgan fingerprint density at radius 1 is 1.07 bits per heavy atom. The summed E-state index contributed by atoms with van der Waals surface area (Å²) in [6.07, 6.45) is 2.99. The molecule has 8 heteroatoms. The quantitative estimate of drug-likeness (QED) is 0.394. The average molecular weight is 431 g/mol. The first-order valence-corrected chi connectivity index (χ1v) is 9.30. The molecular weight excluding hydrogens is 411 g/mol. The highest BCUT2D eigenvalue weighted by Crippen LogP contribution is 2.38. The Morgan fingerprint density at radius 2 is 1.67 bits per heavy atom. The van der Waals surface area contributed by atoms with Crippen LogP contribution in [0.2, 0.25) is 5.15 Å². The van der Waals surface area contributed by atoms with Gasteiger partial charge in [0.25, 0.3) is 0 Å². The lowest BCUT2D eigenvalue weighted by atomic mass is 10.1. The monoisotopic (exact) mass is 430 g/mol. The second kappa shape index (κ2) is 9.00. The van der Waals surface area contributed by atoms with Crippen molar-refractivity contribution in [3.63, 3.8) is 0 Å². The van der Waals surface area contributed by atoms with Crippen LogP contribution in [-0.4, -0.2) is 36.9 Å². The molecule has 3 rings (SSSR count). The minimum Gasteiger partial charge on any atom is -0.493 e. The summed E-state index contributed by atoms with van der Waals surface area (Å²) in [4.78, 5) is 12.7. The molecule has 3 aromatic rings. The molecule has 156 valence electrons. The third-order valence-corrected chi connectivity index (χ3v) is 4.83. The number of rotatable bonds is 7. The molecule has 0 saturated carbocycles. The van der Waals surface area contributed by atoms with Gasteiger partial charge in [0.05, 0.1) is 32.7 Å². The molecular formula is C22H20ClFN2O4. The van der Waals surface area contributed by atoms with E-state index in [0.717, 1.165) is 0 Å². The van der Waals surface area contributed by atoms with Crippen LogP contribution in [0, 0.1) is 12.7 Å². The second-order valence-electron chi connectivity index (χ2n) is 6.29. The van der Waals surface area contributed by atoms with Gasteiger partial charge in [-0.1, -0.05) is 11.6 Å². The summed E-state index contributed by atoms with van der Waals surface area (Å²) in [7, 11) is 4.45. The second-order valence-corrected chi connectivity index (χ2v) is 6.65. The van der Waals surface area contributed by atoms with Crippen molar-refractivity contribution in [3.05, 3.63) is 70.3 Å². The molecule has 0 amide bonds. The van der Waals surface area contributed by atoms with E-state index in [1.54, 1.807) is 37.3 Å². The average Bonchev–Trinajstić information content (AvgIpc) is 3.04. The molecule has 0 aliphatic carbocycles. The number of hydrogen-bond acceptors (Lipinski definition) is 5. The van der Waals surface area contributed by atoms with E-state index >= 15 is 0 Å². The van der Waals surface area contributed by atoms with Crippen LogP contribution < -0.4 is 14.2 Å². The third kappa shape index (κ3) is 4.16. The molecule has 0 atom stereocenters. The van der Waals surface area contributed by atoms with E-state index in [-0.39, 0.29) is 11.6 Å². The zero-order valence-corrected chi connectivity index (χ0v) is 17.7. The van der Waals surface area contributed by atoms with E-state index < -0.39 is 0 Å². The predicted molar refractivity (Wildman–Crippen MR) is 113 cm³/mol. The Balaban J connectivity index is 1.93. The van der Waals surface area contributed by atoms with Crippen LogP contribution in [0.25, 0.3) is 11.8 Å². The molecule has 30 heavy (non-hydrogen) atoms. The summed E-state index contributed by atoms with van der Waals surface area (Å²) in [5, 5.41) is 4.69. The normalized spacial score (nSPS) is 11.0. The topological polar surface area (TPSA) is 62.6 Å². The van der Waals surface area contributed by atoms with E-state index in [1.165, 1.54) is 44.2 Å². The van der Waals surface area contributed by atoms with Gasteiger partial charge in [0.15, 0.2) is 17.3 Å². The summed E-state index contributed by atoms with van der Waals surface area (Å²) < 4.78 is 30.5. The van der Waals surface area contributed by atoms with E-state index in [0.29, 0.717) is 44.9 Å². The van der Waals surface area contributed by atoms with Crippen molar-refractivity contribution in [2.75, 3.05) is 21.3 Å². The van der Waals surface area contributed by atoms with Crippen molar-refractivity contribution in [2.24, 2.45) is 0 Å². The first-order chi connectivity index (χ1) is 14.4. The van der Waals surface area contributed by atoms with E-state index in [4.69, 9.17) is 25.8 Å². The maximum absolute atomic E-state index is 13.2. The molecule has 2 aromatic carbocycles. The summed E-state index contributed by atoms with van der Waals surface area (Å²) >= 11 is 6.46. The molecule has 1 heterocycles. The van der Waals surface area contributed by atoms with E-state index in [2.05, 4.69) is 5.10 Å².